The highest BCUT2D eigenvalue weighted by molar-refractivity contribution is 8.00. The molecule has 13 heteroatoms. The molecule has 5 aromatic carbocycles. The minimum absolute atomic E-state index is 0.0276. The van der Waals surface area contributed by atoms with Gasteiger partial charge in [0.2, 0.25) is 5.91 Å². The molecule has 61 heavy (non-hydrogen) atoms. The van der Waals surface area contributed by atoms with Gasteiger partial charge in [-0.25, -0.2) is 4.79 Å². The van der Waals surface area contributed by atoms with Crippen molar-refractivity contribution in [3.05, 3.63) is 177 Å². The van der Waals surface area contributed by atoms with Gasteiger partial charge in [-0.05, 0) is 71.7 Å². The molecule has 310 valence electrons. The standard InChI is InChI=1S/C48H44N4O7S2/c1-57-36-23-22-34(40(28-36)58-2)26-39(50-44(53)33-18-11-6-12-19-33)45(54)49-35-20-13-21-37(27-35)60-43(32-16-9-5-10-17-32)46(55)51-47-42(48(56)59-3)38-24-25-52(30-41(38)61-47)29-31-14-7-4-8-15-31/h4-23,26-28,43H,24-25,29-30H2,1-3H3,(H,49,54)(H,50,53)(H,51,55)/b39-26+. The number of hydrogen-bond acceptors (Lipinski definition) is 10. The van der Waals surface area contributed by atoms with Gasteiger partial charge in [0, 0.05) is 52.3 Å². The van der Waals surface area contributed by atoms with Gasteiger partial charge in [0.15, 0.2) is 0 Å². The fourth-order valence-corrected chi connectivity index (χ4v) is 9.30. The quantitative estimate of drug-likeness (QED) is 0.0526. The molecule has 0 fully saturated rings. The third kappa shape index (κ3) is 10.6. The lowest BCUT2D eigenvalue weighted by Gasteiger charge is -2.27. The molecule has 0 saturated carbocycles. The lowest BCUT2D eigenvalue weighted by atomic mass is 10.0. The molecular weight excluding hydrogens is 809 g/mol. The highest BCUT2D eigenvalue weighted by atomic mass is 32.2. The predicted octanol–water partition coefficient (Wildman–Crippen LogP) is 8.99. The number of carbonyl (C=O) groups is 4. The van der Waals surface area contributed by atoms with Crippen LogP contribution in [0.25, 0.3) is 6.08 Å². The molecule has 3 N–H and O–H groups in total. The Balaban J connectivity index is 1.13. The molecule has 0 saturated heterocycles. The molecule has 1 aliphatic rings. The highest BCUT2D eigenvalue weighted by Crippen LogP contribution is 2.41. The second kappa shape index (κ2) is 20.1. The number of nitrogens with zero attached hydrogens (tertiary/aromatic N) is 1. The van der Waals surface area contributed by atoms with Gasteiger partial charge in [0.25, 0.3) is 11.8 Å². The fraction of sp³-hybridized carbons (Fsp3) is 0.167. The number of amides is 3. The number of fused-ring (bicyclic) bond motifs is 1. The van der Waals surface area contributed by atoms with Crippen LogP contribution in [-0.2, 0) is 33.8 Å². The van der Waals surface area contributed by atoms with Crippen molar-refractivity contribution in [3.63, 3.8) is 0 Å². The van der Waals surface area contributed by atoms with E-state index in [-0.39, 0.29) is 11.6 Å². The van der Waals surface area contributed by atoms with E-state index in [0.29, 0.717) is 56.7 Å². The SMILES string of the molecule is COC(=O)c1c(NC(=O)C(Sc2cccc(NC(=O)/C(=C\c3ccc(OC)cc3OC)NC(=O)c3ccccc3)c2)c2ccccc2)sc2c1CCN(Cc1ccccc1)C2. The zero-order valence-electron chi connectivity index (χ0n) is 33.8. The number of thiophene rings is 1. The van der Waals surface area contributed by atoms with E-state index < -0.39 is 23.0 Å². The van der Waals surface area contributed by atoms with Gasteiger partial charge >= 0.3 is 5.97 Å². The van der Waals surface area contributed by atoms with E-state index >= 15 is 0 Å². The molecule has 0 radical (unpaired) electrons. The van der Waals surface area contributed by atoms with Crippen molar-refractivity contribution in [1.29, 1.82) is 0 Å². The van der Waals surface area contributed by atoms with E-state index in [1.807, 2.05) is 54.6 Å². The molecule has 1 unspecified atom stereocenters. The van der Waals surface area contributed by atoms with Crippen LogP contribution in [0.2, 0.25) is 0 Å². The van der Waals surface area contributed by atoms with Crippen LogP contribution in [0.1, 0.15) is 53.1 Å². The molecular formula is C48H44N4O7S2. The molecule has 7 rings (SSSR count). The Hall–Kier alpha value is -6.67. The first-order valence-electron chi connectivity index (χ1n) is 19.5. The maximum absolute atomic E-state index is 14.4. The van der Waals surface area contributed by atoms with E-state index in [1.54, 1.807) is 73.8 Å². The molecule has 0 spiro atoms. The van der Waals surface area contributed by atoms with Crippen LogP contribution in [-0.4, -0.2) is 56.5 Å². The molecule has 2 heterocycles. The van der Waals surface area contributed by atoms with Gasteiger partial charge in [-0.3, -0.25) is 19.3 Å². The van der Waals surface area contributed by atoms with Crippen molar-refractivity contribution in [3.8, 4) is 11.5 Å². The summed E-state index contributed by atoms with van der Waals surface area (Å²) in [4.78, 5) is 59.0. The van der Waals surface area contributed by atoms with Crippen LogP contribution in [0.5, 0.6) is 11.5 Å². The first-order chi connectivity index (χ1) is 29.7. The van der Waals surface area contributed by atoms with E-state index in [1.165, 1.54) is 49.0 Å². The minimum Gasteiger partial charge on any atom is -0.497 e. The topological polar surface area (TPSA) is 135 Å². The van der Waals surface area contributed by atoms with Crippen molar-refractivity contribution < 1.29 is 33.4 Å². The first-order valence-corrected chi connectivity index (χ1v) is 21.2. The number of benzene rings is 5. The molecule has 6 aromatic rings. The summed E-state index contributed by atoms with van der Waals surface area (Å²) in [5.74, 6) is -0.862. The molecule has 11 nitrogen and oxygen atoms in total. The lowest BCUT2D eigenvalue weighted by molar-refractivity contribution is -0.116. The van der Waals surface area contributed by atoms with Crippen LogP contribution in [0.15, 0.2) is 144 Å². The highest BCUT2D eigenvalue weighted by Gasteiger charge is 2.31. The van der Waals surface area contributed by atoms with Gasteiger partial charge in [-0.15, -0.1) is 23.1 Å². The van der Waals surface area contributed by atoms with Crippen molar-refractivity contribution in [2.24, 2.45) is 0 Å². The molecule has 1 atom stereocenters. The minimum atomic E-state index is -0.741. The molecule has 1 aromatic heterocycles. The zero-order valence-corrected chi connectivity index (χ0v) is 35.4. The number of methoxy groups -OCH3 is 3. The molecule has 3 amide bonds. The smallest absolute Gasteiger partial charge is 0.341 e. The average molecular weight is 853 g/mol. The fourth-order valence-electron chi connectivity index (χ4n) is 6.93. The summed E-state index contributed by atoms with van der Waals surface area (Å²) in [5, 5.41) is 8.50. The van der Waals surface area contributed by atoms with Crippen molar-refractivity contribution >= 4 is 63.6 Å². The Bertz CT molecular complexity index is 2550. The summed E-state index contributed by atoms with van der Waals surface area (Å²) in [6.07, 6.45) is 2.18. The molecule has 0 aliphatic carbocycles. The Morgan fingerprint density at radius 2 is 1.52 bits per heavy atom. The summed E-state index contributed by atoms with van der Waals surface area (Å²) in [7, 11) is 4.40. The molecule has 1 aliphatic heterocycles. The van der Waals surface area contributed by atoms with Gasteiger partial charge < -0.3 is 30.2 Å². The largest absolute Gasteiger partial charge is 0.497 e. The average Bonchev–Trinajstić information content (AvgIpc) is 3.65. The van der Waals surface area contributed by atoms with Gasteiger partial charge in [0.05, 0.1) is 26.9 Å². The normalized spacial score (nSPS) is 13.0. The molecule has 0 bridgehead atoms. The Kier molecular flexibility index (Phi) is 14.0. The first kappa shape index (κ1) is 42.5. The maximum Gasteiger partial charge on any atom is 0.341 e. The predicted molar refractivity (Wildman–Crippen MR) is 240 cm³/mol. The Morgan fingerprint density at radius 1 is 0.803 bits per heavy atom. The number of carbonyl (C=O) groups excluding carboxylic acids is 4. The zero-order chi connectivity index (χ0) is 42.7. The van der Waals surface area contributed by atoms with Crippen LogP contribution < -0.4 is 25.4 Å². The lowest BCUT2D eigenvalue weighted by Crippen LogP contribution is -2.30. The number of ether oxygens (including phenoxy) is 3. The third-order valence-electron chi connectivity index (χ3n) is 9.97. The van der Waals surface area contributed by atoms with Crippen molar-refractivity contribution in [1.82, 2.24) is 10.2 Å². The van der Waals surface area contributed by atoms with E-state index in [2.05, 4.69) is 33.0 Å². The third-order valence-corrected chi connectivity index (χ3v) is 12.3. The van der Waals surface area contributed by atoms with Crippen LogP contribution in [0.4, 0.5) is 10.7 Å². The number of esters is 1. The van der Waals surface area contributed by atoms with Gasteiger partial charge in [-0.1, -0.05) is 84.9 Å². The monoisotopic (exact) mass is 852 g/mol. The van der Waals surface area contributed by atoms with Crippen LogP contribution in [0.3, 0.4) is 0 Å². The summed E-state index contributed by atoms with van der Waals surface area (Å²) in [5.41, 5.74) is 4.57. The van der Waals surface area contributed by atoms with E-state index in [0.717, 1.165) is 29.1 Å². The van der Waals surface area contributed by atoms with Gasteiger partial charge in [-0.2, -0.15) is 0 Å². The Morgan fingerprint density at radius 3 is 2.23 bits per heavy atom. The van der Waals surface area contributed by atoms with E-state index in [4.69, 9.17) is 14.2 Å². The second-order valence-electron chi connectivity index (χ2n) is 14.0. The summed E-state index contributed by atoms with van der Waals surface area (Å²) in [6, 6.07) is 40.5. The number of hydrogen-bond donors (Lipinski definition) is 3. The second-order valence-corrected chi connectivity index (χ2v) is 16.3. The van der Waals surface area contributed by atoms with Crippen molar-refractivity contribution in [2.45, 2.75) is 29.7 Å². The van der Waals surface area contributed by atoms with Crippen LogP contribution in [0, 0.1) is 0 Å². The number of rotatable bonds is 15. The Labute approximate surface area is 362 Å². The summed E-state index contributed by atoms with van der Waals surface area (Å²) in [6.45, 7) is 2.18. The van der Waals surface area contributed by atoms with Gasteiger partial charge in [0.1, 0.15) is 27.4 Å². The van der Waals surface area contributed by atoms with E-state index in [9.17, 15) is 19.2 Å². The number of thioether (sulfide) groups is 1. The maximum atomic E-state index is 14.4. The number of nitrogens with one attached hydrogen (secondary N) is 3. The number of anilines is 2. The summed E-state index contributed by atoms with van der Waals surface area (Å²) < 4.78 is 16.1. The summed E-state index contributed by atoms with van der Waals surface area (Å²) >= 11 is 2.70. The van der Waals surface area contributed by atoms with Crippen molar-refractivity contribution in [2.75, 3.05) is 38.5 Å². The van der Waals surface area contributed by atoms with Crippen LogP contribution >= 0.6 is 23.1 Å².